The lowest BCUT2D eigenvalue weighted by atomic mass is 10.0. The van der Waals surface area contributed by atoms with E-state index in [-0.39, 0.29) is 12.2 Å². The molecule has 0 aliphatic carbocycles. The predicted octanol–water partition coefficient (Wildman–Crippen LogP) is 4.62. The van der Waals surface area contributed by atoms with Gasteiger partial charge in [0.2, 0.25) is 0 Å². The van der Waals surface area contributed by atoms with Gasteiger partial charge in [-0.1, -0.05) is 28.1 Å². The maximum Gasteiger partial charge on any atom is 0.168 e. The first kappa shape index (κ1) is 13.7. The molecule has 0 saturated carbocycles. The minimum Gasteiger partial charge on any atom is -0.294 e. The van der Waals surface area contributed by atoms with E-state index < -0.39 is 5.82 Å². The van der Waals surface area contributed by atoms with Crippen LogP contribution in [0.2, 0.25) is 0 Å². The molecule has 0 amide bonds. The standard InChI is InChI=1S/C14H9BrFIO/c15-13-6-3-10(16)8-12(13)14(18)7-9-1-4-11(17)5-2-9/h1-6,8H,7H2. The van der Waals surface area contributed by atoms with E-state index in [0.717, 1.165) is 9.13 Å². The largest absolute Gasteiger partial charge is 0.294 e. The maximum atomic E-state index is 13.1. The summed E-state index contributed by atoms with van der Waals surface area (Å²) in [7, 11) is 0. The molecule has 4 heteroatoms. The van der Waals surface area contributed by atoms with Crippen molar-refractivity contribution < 1.29 is 9.18 Å². The van der Waals surface area contributed by atoms with E-state index >= 15 is 0 Å². The molecule has 92 valence electrons. The molecule has 0 atom stereocenters. The van der Waals surface area contributed by atoms with Crippen LogP contribution in [0.1, 0.15) is 15.9 Å². The van der Waals surface area contributed by atoms with Gasteiger partial charge in [-0.15, -0.1) is 0 Å². The van der Waals surface area contributed by atoms with Crippen molar-refractivity contribution in [2.24, 2.45) is 0 Å². The van der Waals surface area contributed by atoms with E-state index in [1.807, 2.05) is 24.3 Å². The van der Waals surface area contributed by atoms with E-state index in [4.69, 9.17) is 0 Å². The molecular formula is C14H9BrFIO. The van der Waals surface area contributed by atoms with Crippen LogP contribution in [-0.2, 0) is 6.42 Å². The number of halogens is 3. The Bertz CT molecular complexity index is 581. The molecule has 0 bridgehead atoms. The first-order valence-electron chi connectivity index (χ1n) is 5.29. The Hall–Kier alpha value is -0.750. The molecule has 0 heterocycles. The number of hydrogen-bond donors (Lipinski definition) is 0. The highest BCUT2D eigenvalue weighted by atomic mass is 127. The molecule has 0 N–H and O–H groups in total. The average Bonchev–Trinajstić information content (AvgIpc) is 2.35. The third-order valence-electron chi connectivity index (χ3n) is 2.51. The highest BCUT2D eigenvalue weighted by Gasteiger charge is 2.11. The van der Waals surface area contributed by atoms with Gasteiger partial charge < -0.3 is 0 Å². The molecule has 0 radical (unpaired) electrons. The minimum atomic E-state index is -0.399. The first-order valence-corrected chi connectivity index (χ1v) is 7.16. The number of carbonyl (C=O) groups is 1. The van der Waals surface area contributed by atoms with Gasteiger partial charge in [-0.3, -0.25) is 4.79 Å². The van der Waals surface area contributed by atoms with E-state index in [1.54, 1.807) is 6.07 Å². The zero-order valence-electron chi connectivity index (χ0n) is 9.29. The fraction of sp³-hybridized carbons (Fsp3) is 0.0714. The number of Topliss-reactive ketones (excluding diaryl/α,β-unsaturated/α-hetero) is 1. The fourth-order valence-electron chi connectivity index (χ4n) is 1.59. The maximum absolute atomic E-state index is 13.1. The number of hydrogen-bond acceptors (Lipinski definition) is 1. The van der Waals surface area contributed by atoms with Gasteiger partial charge in [-0.2, -0.15) is 0 Å². The molecule has 0 aliphatic rings. The van der Waals surface area contributed by atoms with Crippen molar-refractivity contribution in [1.82, 2.24) is 0 Å². The molecule has 1 nitrogen and oxygen atoms in total. The second-order valence-electron chi connectivity index (χ2n) is 3.85. The minimum absolute atomic E-state index is 0.0948. The Balaban J connectivity index is 2.21. The lowest BCUT2D eigenvalue weighted by molar-refractivity contribution is 0.0992. The van der Waals surface area contributed by atoms with Gasteiger partial charge in [0.1, 0.15) is 5.82 Å². The van der Waals surface area contributed by atoms with Crippen LogP contribution in [0.5, 0.6) is 0 Å². The monoisotopic (exact) mass is 418 g/mol. The first-order chi connectivity index (χ1) is 8.56. The molecule has 0 saturated heterocycles. The van der Waals surface area contributed by atoms with Gasteiger partial charge >= 0.3 is 0 Å². The van der Waals surface area contributed by atoms with Crippen molar-refractivity contribution in [3.63, 3.8) is 0 Å². The van der Waals surface area contributed by atoms with E-state index in [0.29, 0.717) is 10.0 Å². The van der Waals surface area contributed by atoms with Gasteiger partial charge in [-0.05, 0) is 58.5 Å². The van der Waals surface area contributed by atoms with Gasteiger partial charge in [0, 0.05) is 20.0 Å². The van der Waals surface area contributed by atoms with E-state index in [2.05, 4.69) is 38.5 Å². The SMILES string of the molecule is O=C(Cc1ccc(I)cc1)c1cc(F)ccc1Br. The lowest BCUT2D eigenvalue weighted by Crippen LogP contribution is -2.05. The lowest BCUT2D eigenvalue weighted by Gasteiger charge is -2.04. The summed E-state index contributed by atoms with van der Waals surface area (Å²) < 4.78 is 14.9. The molecule has 2 aromatic rings. The Labute approximate surface area is 127 Å². The summed E-state index contributed by atoms with van der Waals surface area (Å²) in [6.45, 7) is 0. The zero-order chi connectivity index (χ0) is 13.1. The van der Waals surface area contributed by atoms with Crippen molar-refractivity contribution >= 4 is 44.3 Å². The smallest absolute Gasteiger partial charge is 0.168 e. The van der Waals surface area contributed by atoms with Gasteiger partial charge in [0.15, 0.2) is 5.78 Å². The van der Waals surface area contributed by atoms with Crippen LogP contribution in [0, 0.1) is 9.39 Å². The highest BCUT2D eigenvalue weighted by molar-refractivity contribution is 14.1. The third-order valence-corrected chi connectivity index (χ3v) is 3.92. The molecule has 0 aromatic heterocycles. The van der Waals surface area contributed by atoms with Crippen LogP contribution < -0.4 is 0 Å². The predicted molar refractivity (Wildman–Crippen MR) is 81.3 cm³/mol. The van der Waals surface area contributed by atoms with Crippen LogP contribution in [0.15, 0.2) is 46.9 Å². The van der Waals surface area contributed by atoms with Crippen molar-refractivity contribution in [3.05, 3.63) is 67.5 Å². The normalized spacial score (nSPS) is 10.4. The quantitative estimate of drug-likeness (QED) is 0.525. The summed E-state index contributed by atoms with van der Waals surface area (Å²) in [5.74, 6) is -0.494. The van der Waals surface area contributed by atoms with Crippen LogP contribution in [0.25, 0.3) is 0 Å². The topological polar surface area (TPSA) is 17.1 Å². The summed E-state index contributed by atoms with van der Waals surface area (Å²) in [5.41, 5.74) is 1.31. The number of ketones is 1. The van der Waals surface area contributed by atoms with Gasteiger partial charge in [0.25, 0.3) is 0 Å². The number of carbonyl (C=O) groups excluding carboxylic acids is 1. The van der Waals surface area contributed by atoms with E-state index in [9.17, 15) is 9.18 Å². The Morgan fingerprint density at radius 3 is 2.50 bits per heavy atom. The summed E-state index contributed by atoms with van der Waals surface area (Å²) in [6, 6.07) is 11.9. The second-order valence-corrected chi connectivity index (χ2v) is 5.95. The molecule has 2 aromatic carbocycles. The molecule has 2 rings (SSSR count). The second kappa shape index (κ2) is 5.93. The molecule has 0 unspecified atom stereocenters. The molecular weight excluding hydrogens is 410 g/mol. The van der Waals surface area contributed by atoms with Crippen molar-refractivity contribution in [2.45, 2.75) is 6.42 Å². The van der Waals surface area contributed by atoms with Crippen LogP contribution in [0.4, 0.5) is 4.39 Å². The van der Waals surface area contributed by atoms with Gasteiger partial charge in [0.05, 0.1) is 0 Å². The van der Waals surface area contributed by atoms with Crippen molar-refractivity contribution in [1.29, 1.82) is 0 Å². The van der Waals surface area contributed by atoms with Crippen LogP contribution in [0.3, 0.4) is 0 Å². The van der Waals surface area contributed by atoms with Crippen molar-refractivity contribution in [3.8, 4) is 0 Å². The third kappa shape index (κ3) is 3.38. The Morgan fingerprint density at radius 2 is 1.83 bits per heavy atom. The highest BCUT2D eigenvalue weighted by Crippen LogP contribution is 2.20. The van der Waals surface area contributed by atoms with E-state index in [1.165, 1.54) is 12.1 Å². The summed E-state index contributed by atoms with van der Waals surface area (Å²) in [4.78, 5) is 12.1. The Kier molecular flexibility index (Phi) is 4.50. The fourth-order valence-corrected chi connectivity index (χ4v) is 2.42. The summed E-state index contributed by atoms with van der Waals surface area (Å²) in [6.07, 6.45) is 0.277. The summed E-state index contributed by atoms with van der Waals surface area (Å²) >= 11 is 5.48. The van der Waals surface area contributed by atoms with Crippen molar-refractivity contribution in [2.75, 3.05) is 0 Å². The summed E-state index contributed by atoms with van der Waals surface area (Å²) in [5, 5.41) is 0. The molecule has 0 aliphatic heterocycles. The Morgan fingerprint density at radius 1 is 1.17 bits per heavy atom. The molecule has 18 heavy (non-hydrogen) atoms. The number of benzene rings is 2. The molecule has 0 fully saturated rings. The van der Waals surface area contributed by atoms with Crippen LogP contribution >= 0.6 is 38.5 Å². The van der Waals surface area contributed by atoms with Crippen LogP contribution in [-0.4, -0.2) is 5.78 Å². The average molecular weight is 419 g/mol. The number of rotatable bonds is 3. The molecule has 0 spiro atoms. The van der Waals surface area contributed by atoms with Gasteiger partial charge in [-0.25, -0.2) is 4.39 Å². The zero-order valence-corrected chi connectivity index (χ0v) is 13.0.